The van der Waals surface area contributed by atoms with Crippen molar-refractivity contribution in [1.29, 1.82) is 0 Å². The molecule has 0 aliphatic carbocycles. The van der Waals surface area contributed by atoms with Gasteiger partial charge in [0.15, 0.2) is 0 Å². The third-order valence-electron chi connectivity index (χ3n) is 3.46. The molecule has 0 saturated carbocycles. The molecule has 2 aromatic carbocycles. The number of hydrogen-bond acceptors (Lipinski definition) is 5. The molecule has 0 bridgehead atoms. The number of rotatable bonds is 3. The average molecular weight is 357 g/mol. The normalized spacial score (nSPS) is 13.7. The number of Topliss-reactive ketones (excluding diaryl/α,β-unsaturated/α-hetero) is 1. The summed E-state index contributed by atoms with van der Waals surface area (Å²) in [6.07, 6.45) is 0. The summed E-state index contributed by atoms with van der Waals surface area (Å²) in [5, 5.41) is 0. The Kier molecular flexibility index (Phi) is 5.26. The Hall–Kier alpha value is -1.58. The van der Waals surface area contributed by atoms with Crippen molar-refractivity contribution >= 4 is 27.5 Å². The summed E-state index contributed by atoms with van der Waals surface area (Å²) in [6, 6.07) is 8.69. The first-order valence-electron chi connectivity index (χ1n) is 6.48. The van der Waals surface area contributed by atoms with E-state index in [0.717, 1.165) is 17.0 Å². The SMILES string of the molecule is O=C1C(=O)N(Cc2cccc(F)c2)c2ccc(S(=O)(=O)[O-])cc21.[Na+]. The number of benzene rings is 2. The topological polar surface area (TPSA) is 94.6 Å². The van der Waals surface area contributed by atoms with Gasteiger partial charge >= 0.3 is 29.6 Å². The average Bonchev–Trinajstić information content (AvgIpc) is 2.71. The molecule has 0 aromatic heterocycles. The second-order valence-corrected chi connectivity index (χ2v) is 6.36. The third-order valence-corrected chi connectivity index (χ3v) is 4.29. The fourth-order valence-corrected chi connectivity index (χ4v) is 2.91. The zero-order valence-electron chi connectivity index (χ0n) is 12.5. The Balaban J connectivity index is 0.00000208. The van der Waals surface area contributed by atoms with E-state index in [2.05, 4.69) is 0 Å². The minimum Gasteiger partial charge on any atom is -0.744 e. The fourth-order valence-electron chi connectivity index (χ4n) is 2.41. The smallest absolute Gasteiger partial charge is 0.744 e. The maximum absolute atomic E-state index is 13.2. The van der Waals surface area contributed by atoms with Gasteiger partial charge in [-0.05, 0) is 35.9 Å². The number of hydrogen-bond donors (Lipinski definition) is 0. The largest absolute Gasteiger partial charge is 1.00 e. The molecule has 0 unspecified atom stereocenters. The summed E-state index contributed by atoms with van der Waals surface area (Å²) >= 11 is 0. The van der Waals surface area contributed by atoms with Crippen LogP contribution in [-0.4, -0.2) is 24.7 Å². The maximum atomic E-state index is 13.2. The summed E-state index contributed by atoms with van der Waals surface area (Å²) < 4.78 is 46.3. The predicted molar refractivity (Wildman–Crippen MR) is 76.3 cm³/mol. The maximum Gasteiger partial charge on any atom is 1.00 e. The van der Waals surface area contributed by atoms with Crippen LogP contribution < -0.4 is 34.5 Å². The molecule has 1 amide bonds. The van der Waals surface area contributed by atoms with Crippen molar-refractivity contribution in [2.45, 2.75) is 11.4 Å². The van der Waals surface area contributed by atoms with Crippen LogP contribution in [-0.2, 0) is 21.5 Å². The van der Waals surface area contributed by atoms with Crippen LogP contribution in [0.15, 0.2) is 47.4 Å². The van der Waals surface area contributed by atoms with E-state index in [0.29, 0.717) is 5.56 Å². The van der Waals surface area contributed by atoms with Crippen molar-refractivity contribution in [1.82, 2.24) is 0 Å². The quantitative estimate of drug-likeness (QED) is 0.377. The fraction of sp³-hybridized carbons (Fsp3) is 0.0667. The second-order valence-electron chi connectivity index (χ2n) is 4.98. The van der Waals surface area contributed by atoms with E-state index in [1.165, 1.54) is 24.3 Å². The molecule has 1 aliphatic rings. The molecule has 1 aliphatic heterocycles. The monoisotopic (exact) mass is 357 g/mol. The summed E-state index contributed by atoms with van der Waals surface area (Å²) in [7, 11) is -4.73. The zero-order chi connectivity index (χ0) is 16.8. The molecule has 0 radical (unpaired) electrons. The Morgan fingerprint density at radius 3 is 2.42 bits per heavy atom. The number of ketones is 1. The van der Waals surface area contributed by atoms with E-state index in [9.17, 15) is 27.0 Å². The van der Waals surface area contributed by atoms with Gasteiger partial charge in [-0.3, -0.25) is 9.59 Å². The van der Waals surface area contributed by atoms with Crippen molar-refractivity contribution in [2.24, 2.45) is 0 Å². The summed E-state index contributed by atoms with van der Waals surface area (Å²) in [4.78, 5) is 24.6. The number of anilines is 1. The van der Waals surface area contributed by atoms with Gasteiger partial charge < -0.3 is 9.45 Å². The minimum atomic E-state index is -4.73. The molecule has 118 valence electrons. The first kappa shape index (κ1) is 18.8. The Labute approximate surface area is 159 Å². The zero-order valence-corrected chi connectivity index (χ0v) is 15.3. The van der Waals surface area contributed by atoms with Crippen LogP contribution in [0, 0.1) is 5.82 Å². The number of amides is 1. The molecule has 0 fully saturated rings. The van der Waals surface area contributed by atoms with Gasteiger partial charge in [-0.25, -0.2) is 12.8 Å². The molecule has 0 atom stereocenters. The number of halogens is 1. The van der Waals surface area contributed by atoms with E-state index < -0.39 is 32.5 Å². The minimum absolute atomic E-state index is 0. The summed E-state index contributed by atoms with van der Waals surface area (Å²) in [5.74, 6) is -2.24. The third kappa shape index (κ3) is 3.42. The van der Waals surface area contributed by atoms with E-state index in [-0.39, 0.29) is 47.4 Å². The Morgan fingerprint density at radius 2 is 1.79 bits per heavy atom. The molecule has 24 heavy (non-hydrogen) atoms. The standard InChI is InChI=1S/C15H10FNO5S.Na/c16-10-3-1-2-9(6-10)8-17-13-5-4-11(23(20,21)22)7-12(13)14(18)15(17)19;/h1-7H,8H2,(H,20,21,22);/q;+1/p-1. The molecule has 3 rings (SSSR count). The van der Waals surface area contributed by atoms with Crippen LogP contribution in [0.4, 0.5) is 10.1 Å². The van der Waals surface area contributed by atoms with Gasteiger partial charge in [0.2, 0.25) is 0 Å². The van der Waals surface area contributed by atoms with Crippen LogP contribution in [0.3, 0.4) is 0 Å². The first-order valence-corrected chi connectivity index (χ1v) is 7.89. The van der Waals surface area contributed by atoms with Gasteiger partial charge in [0.1, 0.15) is 15.9 Å². The van der Waals surface area contributed by atoms with Crippen molar-refractivity contribution in [3.63, 3.8) is 0 Å². The molecule has 0 N–H and O–H groups in total. The van der Waals surface area contributed by atoms with Crippen molar-refractivity contribution in [3.05, 3.63) is 59.4 Å². The first-order chi connectivity index (χ1) is 10.8. The number of nitrogens with zero attached hydrogens (tertiary/aromatic N) is 1. The second kappa shape index (κ2) is 6.73. The van der Waals surface area contributed by atoms with Gasteiger partial charge in [-0.2, -0.15) is 0 Å². The molecule has 9 heteroatoms. The van der Waals surface area contributed by atoms with Crippen molar-refractivity contribution in [2.75, 3.05) is 4.90 Å². The van der Waals surface area contributed by atoms with Crippen LogP contribution >= 0.6 is 0 Å². The van der Waals surface area contributed by atoms with Crippen molar-refractivity contribution in [3.8, 4) is 0 Å². The van der Waals surface area contributed by atoms with E-state index >= 15 is 0 Å². The molecule has 6 nitrogen and oxygen atoms in total. The van der Waals surface area contributed by atoms with Gasteiger partial charge in [-0.1, -0.05) is 12.1 Å². The molecule has 0 spiro atoms. The van der Waals surface area contributed by atoms with Gasteiger partial charge in [0.25, 0.3) is 11.7 Å². The van der Waals surface area contributed by atoms with Crippen LogP contribution in [0.25, 0.3) is 0 Å². The Bertz CT molecular complexity index is 945. The summed E-state index contributed by atoms with van der Waals surface area (Å²) in [5.41, 5.74) is 0.513. The number of carbonyl (C=O) groups excluding carboxylic acids is 2. The molecular formula is C15H9FNNaO5S. The van der Waals surface area contributed by atoms with E-state index in [1.54, 1.807) is 6.07 Å². The van der Waals surface area contributed by atoms with Gasteiger partial charge in [0, 0.05) is 0 Å². The van der Waals surface area contributed by atoms with E-state index in [1.807, 2.05) is 0 Å². The van der Waals surface area contributed by atoms with Crippen LogP contribution in [0.5, 0.6) is 0 Å². The molecule has 1 heterocycles. The van der Waals surface area contributed by atoms with Crippen LogP contribution in [0.2, 0.25) is 0 Å². The molecule has 0 saturated heterocycles. The van der Waals surface area contributed by atoms with Gasteiger partial charge in [-0.15, -0.1) is 0 Å². The van der Waals surface area contributed by atoms with E-state index in [4.69, 9.17) is 0 Å². The molecular weight excluding hydrogens is 348 g/mol. The number of carbonyl (C=O) groups is 2. The van der Waals surface area contributed by atoms with Gasteiger partial charge in [0.05, 0.1) is 22.7 Å². The summed E-state index contributed by atoms with van der Waals surface area (Å²) in [6.45, 7) is -0.0429. The molecule has 2 aromatic rings. The number of fused-ring (bicyclic) bond motifs is 1. The predicted octanol–water partition coefficient (Wildman–Crippen LogP) is -1.54. The van der Waals surface area contributed by atoms with Crippen LogP contribution in [0.1, 0.15) is 15.9 Å². The Morgan fingerprint density at radius 1 is 1.08 bits per heavy atom. The van der Waals surface area contributed by atoms with Crippen molar-refractivity contribution < 1.29 is 56.5 Å².